The second-order valence-corrected chi connectivity index (χ2v) is 2.58. The number of rotatable bonds is 0. The lowest BCUT2D eigenvalue weighted by Gasteiger charge is -1.95. The predicted octanol–water partition coefficient (Wildman–Crippen LogP) is 1.47. The lowest BCUT2D eigenvalue weighted by Crippen LogP contribution is -2.02. The van der Waals surface area contributed by atoms with Gasteiger partial charge in [0.1, 0.15) is 0 Å². The fourth-order valence-electron chi connectivity index (χ4n) is 1.13. The van der Waals surface area contributed by atoms with Crippen LogP contribution in [0.4, 0.5) is 5.69 Å². The van der Waals surface area contributed by atoms with Crippen LogP contribution in [0.25, 0.3) is 15.7 Å². The maximum atomic E-state index is 11.3. The first-order valence-corrected chi connectivity index (χ1v) is 3.66. The van der Waals surface area contributed by atoms with Crippen molar-refractivity contribution in [2.24, 2.45) is 0 Å². The lowest BCUT2D eigenvalue weighted by molar-refractivity contribution is 1.06. The van der Waals surface area contributed by atoms with Crippen LogP contribution in [0.5, 0.6) is 0 Å². The average molecular weight is 171 g/mol. The van der Waals surface area contributed by atoms with E-state index in [0.717, 1.165) is 0 Å². The molecule has 0 bridgehead atoms. The van der Waals surface area contributed by atoms with Crippen LogP contribution in [0.1, 0.15) is 0 Å². The largest absolute Gasteiger partial charge is 0.287 e. The van der Waals surface area contributed by atoms with E-state index in [0.29, 0.717) is 16.6 Å². The van der Waals surface area contributed by atoms with Gasteiger partial charge in [0.15, 0.2) is 5.69 Å². The van der Waals surface area contributed by atoms with Crippen LogP contribution < -0.4 is 5.43 Å². The Bertz CT molecular complexity index is 551. The first kappa shape index (κ1) is 7.50. The van der Waals surface area contributed by atoms with Crippen molar-refractivity contribution in [1.82, 2.24) is 10.2 Å². The molecule has 0 fully saturated rings. The molecule has 0 unspecified atom stereocenters. The van der Waals surface area contributed by atoms with Crippen molar-refractivity contribution in [3.05, 3.63) is 46.0 Å². The Labute approximate surface area is 73.6 Å². The summed E-state index contributed by atoms with van der Waals surface area (Å²) in [5, 5.41) is 6.85. The van der Waals surface area contributed by atoms with Crippen LogP contribution >= 0.6 is 0 Å². The second kappa shape index (κ2) is 2.72. The maximum absolute atomic E-state index is 11.3. The molecule has 1 aromatic carbocycles. The minimum Gasteiger partial charge on any atom is -0.287 e. The van der Waals surface area contributed by atoms with Crippen LogP contribution in [0.3, 0.4) is 0 Å². The summed E-state index contributed by atoms with van der Waals surface area (Å²) in [5.74, 6) is 0. The summed E-state index contributed by atoms with van der Waals surface area (Å²) in [6.45, 7) is 6.79. The number of fused-ring (bicyclic) bond motifs is 1. The Kier molecular flexibility index (Phi) is 1.57. The van der Waals surface area contributed by atoms with Gasteiger partial charge in [-0.2, -0.15) is 5.10 Å². The van der Waals surface area contributed by atoms with Gasteiger partial charge in [-0.05, 0) is 12.1 Å². The zero-order valence-electron chi connectivity index (χ0n) is 6.61. The highest BCUT2D eigenvalue weighted by Crippen LogP contribution is 2.15. The highest BCUT2D eigenvalue weighted by atomic mass is 16.1. The molecular weight excluding hydrogens is 166 g/mol. The first-order valence-electron chi connectivity index (χ1n) is 3.66. The fourth-order valence-corrected chi connectivity index (χ4v) is 1.13. The molecule has 1 aromatic heterocycles. The summed E-state index contributed by atoms with van der Waals surface area (Å²) in [4.78, 5) is 14.5. The molecule has 0 aliphatic heterocycles. The van der Waals surface area contributed by atoms with Crippen LogP contribution in [0.15, 0.2) is 29.2 Å². The Hall–Kier alpha value is -2.15. The van der Waals surface area contributed by atoms with Gasteiger partial charge < -0.3 is 0 Å². The van der Waals surface area contributed by atoms with Gasteiger partial charge in [0.05, 0.1) is 18.3 Å². The fraction of sp³-hybridized carbons (Fsp3) is 0. The summed E-state index contributed by atoms with van der Waals surface area (Å²) < 4.78 is 0. The van der Waals surface area contributed by atoms with E-state index in [9.17, 15) is 4.79 Å². The van der Waals surface area contributed by atoms with E-state index in [2.05, 4.69) is 15.0 Å². The molecule has 1 N–H and O–H groups in total. The topological polar surface area (TPSA) is 50.1 Å². The van der Waals surface area contributed by atoms with Gasteiger partial charge in [0.25, 0.3) is 0 Å². The summed E-state index contributed by atoms with van der Waals surface area (Å²) in [6.07, 6.45) is 1.20. The highest BCUT2D eigenvalue weighted by Gasteiger charge is 1.98. The number of aromatic nitrogens is 2. The van der Waals surface area contributed by atoms with Crippen molar-refractivity contribution in [3.8, 4) is 0 Å². The van der Waals surface area contributed by atoms with Gasteiger partial charge in [-0.3, -0.25) is 9.89 Å². The molecule has 0 saturated carbocycles. The molecular formula is C9H5N3O. The van der Waals surface area contributed by atoms with Crippen LogP contribution in [0, 0.1) is 6.57 Å². The summed E-state index contributed by atoms with van der Waals surface area (Å²) >= 11 is 0. The number of nitrogens with zero attached hydrogens (tertiary/aromatic N) is 2. The third kappa shape index (κ3) is 1.16. The highest BCUT2D eigenvalue weighted by molar-refractivity contribution is 5.81. The number of aromatic amines is 1. The molecule has 0 spiro atoms. The monoisotopic (exact) mass is 171 g/mol. The normalized spacial score (nSPS) is 9.77. The molecule has 0 aliphatic rings. The van der Waals surface area contributed by atoms with Gasteiger partial charge in [0.2, 0.25) is 5.43 Å². The molecule has 0 radical (unpaired) electrons. The summed E-state index contributed by atoms with van der Waals surface area (Å²) in [5.41, 5.74) is 0.948. The number of hydrogen-bond acceptors (Lipinski definition) is 2. The third-order valence-electron chi connectivity index (χ3n) is 1.76. The minimum atomic E-state index is -0.167. The number of benzene rings is 1. The molecule has 4 heteroatoms. The van der Waals surface area contributed by atoms with Crippen molar-refractivity contribution >= 4 is 16.6 Å². The van der Waals surface area contributed by atoms with Crippen molar-refractivity contribution in [2.45, 2.75) is 0 Å². The minimum absolute atomic E-state index is 0.167. The maximum Gasteiger partial charge on any atom is 0.206 e. The quantitative estimate of drug-likeness (QED) is 0.610. The average Bonchev–Trinajstić information content (AvgIpc) is 2.18. The van der Waals surface area contributed by atoms with E-state index in [1.165, 1.54) is 6.20 Å². The molecule has 2 aromatic rings. The predicted molar refractivity (Wildman–Crippen MR) is 48.6 cm³/mol. The molecule has 0 atom stereocenters. The van der Waals surface area contributed by atoms with Gasteiger partial charge in [-0.25, -0.2) is 4.85 Å². The van der Waals surface area contributed by atoms with Crippen molar-refractivity contribution < 1.29 is 0 Å². The van der Waals surface area contributed by atoms with Gasteiger partial charge in [0, 0.05) is 5.39 Å². The van der Waals surface area contributed by atoms with Crippen LogP contribution in [-0.4, -0.2) is 10.2 Å². The zero-order valence-corrected chi connectivity index (χ0v) is 6.61. The van der Waals surface area contributed by atoms with E-state index in [-0.39, 0.29) is 5.43 Å². The van der Waals surface area contributed by atoms with Crippen molar-refractivity contribution in [2.75, 3.05) is 0 Å². The SMILES string of the molecule is [C-]#[N+]c1ccc2[nH]ncc(=O)c2c1. The van der Waals surface area contributed by atoms with Crippen molar-refractivity contribution in [3.63, 3.8) is 0 Å². The standard InChI is InChI=1S/C9H5N3O/c1-10-6-2-3-8-7(4-6)9(13)5-11-12-8/h2-5H,(H,12,13). The van der Waals surface area contributed by atoms with Crippen LogP contribution in [-0.2, 0) is 0 Å². The van der Waals surface area contributed by atoms with E-state index < -0.39 is 0 Å². The van der Waals surface area contributed by atoms with E-state index in [4.69, 9.17) is 6.57 Å². The van der Waals surface area contributed by atoms with E-state index >= 15 is 0 Å². The number of H-pyrrole nitrogens is 1. The number of hydrogen-bond donors (Lipinski definition) is 1. The molecule has 0 amide bonds. The molecule has 0 saturated heterocycles. The Balaban J connectivity index is 2.92. The second-order valence-electron chi connectivity index (χ2n) is 2.58. The zero-order chi connectivity index (χ0) is 9.26. The summed E-state index contributed by atoms with van der Waals surface area (Å²) in [6, 6.07) is 4.88. The Morgan fingerprint density at radius 2 is 2.31 bits per heavy atom. The third-order valence-corrected chi connectivity index (χ3v) is 1.76. The Morgan fingerprint density at radius 3 is 3.08 bits per heavy atom. The lowest BCUT2D eigenvalue weighted by atomic mass is 10.2. The van der Waals surface area contributed by atoms with Gasteiger partial charge >= 0.3 is 0 Å². The van der Waals surface area contributed by atoms with Gasteiger partial charge in [-0.15, -0.1) is 0 Å². The van der Waals surface area contributed by atoms with E-state index in [1.807, 2.05) is 0 Å². The summed E-state index contributed by atoms with van der Waals surface area (Å²) in [7, 11) is 0. The smallest absolute Gasteiger partial charge is 0.206 e. The molecule has 2 rings (SSSR count). The van der Waals surface area contributed by atoms with Gasteiger partial charge in [-0.1, -0.05) is 6.07 Å². The Morgan fingerprint density at radius 1 is 1.46 bits per heavy atom. The molecule has 13 heavy (non-hydrogen) atoms. The number of nitrogens with one attached hydrogen (secondary N) is 1. The molecule has 0 aliphatic carbocycles. The van der Waals surface area contributed by atoms with Crippen molar-refractivity contribution in [1.29, 1.82) is 0 Å². The molecule has 4 nitrogen and oxygen atoms in total. The van der Waals surface area contributed by atoms with E-state index in [1.54, 1.807) is 18.2 Å². The van der Waals surface area contributed by atoms with Crippen LogP contribution in [0.2, 0.25) is 0 Å². The first-order chi connectivity index (χ1) is 6.31. The molecule has 62 valence electrons. The molecule has 1 heterocycles.